The zero-order valence-corrected chi connectivity index (χ0v) is 53.7. The maximum atomic E-state index is 12.9. The number of ether oxygens (including phenoxy) is 3. The normalized spacial score (nSPS) is 13.1. The van der Waals surface area contributed by atoms with Gasteiger partial charge < -0.3 is 14.2 Å². The van der Waals surface area contributed by atoms with Gasteiger partial charge >= 0.3 is 17.9 Å². The summed E-state index contributed by atoms with van der Waals surface area (Å²) in [5.74, 6) is -1.03. The Morgan fingerprint density at radius 1 is 0.253 bits per heavy atom. The Kier molecular flexibility index (Phi) is 65.4. The van der Waals surface area contributed by atoms with Crippen LogP contribution in [0.2, 0.25) is 0 Å². The number of esters is 3. The highest BCUT2D eigenvalue weighted by Gasteiger charge is 2.19. The van der Waals surface area contributed by atoms with Crippen LogP contribution in [-0.2, 0) is 28.6 Å². The van der Waals surface area contributed by atoms with E-state index in [4.69, 9.17) is 14.2 Å². The molecule has 0 aliphatic heterocycles. The second-order valence-electron chi connectivity index (χ2n) is 22.0. The van der Waals surface area contributed by atoms with Crippen LogP contribution in [0.25, 0.3) is 0 Å². The van der Waals surface area contributed by atoms with Gasteiger partial charge in [-0.25, -0.2) is 0 Å². The lowest BCUT2D eigenvalue weighted by molar-refractivity contribution is -0.166. The molecule has 0 aromatic carbocycles. The Hall–Kier alpha value is -4.97. The van der Waals surface area contributed by atoms with Crippen LogP contribution in [0.15, 0.2) is 158 Å². The molecule has 0 aliphatic rings. The standard InChI is InChI=1S/C77H124O6/c1-4-7-10-13-16-19-22-25-28-31-33-34-35-36-37-38-39-40-41-42-44-46-49-52-55-58-61-64-67-70-76(79)82-73-74(72-81-75(78)69-66-63-60-57-54-51-48-45-30-27-24-21-18-15-12-9-6-3)83-77(80)71-68-65-62-59-56-53-50-47-43-32-29-26-23-20-17-14-11-8-5-2/h8-9,11-12,17-18,20-22,25-27,29-31,33,35-36,43,47-48,51,53,56,62,65,74H,4-7,10,13-16,19,23-24,28,32,34,37-42,44-46,49-50,52,54-55,57-61,63-64,66-73H2,1-3H3/b11-8-,12-9-,20-17-,21-18-,25-22-,29-26-,30-27-,33-31-,36-35-,47-43-,51-48-,56-53-,65-62-. The van der Waals surface area contributed by atoms with Gasteiger partial charge in [-0.1, -0.05) is 294 Å². The summed E-state index contributed by atoms with van der Waals surface area (Å²) >= 11 is 0. The fraction of sp³-hybridized carbons (Fsp3) is 0.623. The van der Waals surface area contributed by atoms with E-state index in [1.807, 2.05) is 6.08 Å². The molecule has 6 nitrogen and oxygen atoms in total. The summed E-state index contributed by atoms with van der Waals surface area (Å²) in [6.07, 6.45) is 101. The molecule has 0 amide bonds. The van der Waals surface area contributed by atoms with Gasteiger partial charge in [-0.15, -0.1) is 0 Å². The van der Waals surface area contributed by atoms with Crippen molar-refractivity contribution in [2.24, 2.45) is 0 Å². The Morgan fingerprint density at radius 3 is 0.783 bits per heavy atom. The van der Waals surface area contributed by atoms with Crippen LogP contribution in [-0.4, -0.2) is 37.2 Å². The van der Waals surface area contributed by atoms with Crippen molar-refractivity contribution >= 4 is 17.9 Å². The highest BCUT2D eigenvalue weighted by molar-refractivity contribution is 5.71. The molecule has 0 radical (unpaired) electrons. The van der Waals surface area contributed by atoms with Crippen LogP contribution >= 0.6 is 0 Å². The van der Waals surface area contributed by atoms with Crippen molar-refractivity contribution in [1.29, 1.82) is 0 Å². The predicted molar refractivity (Wildman–Crippen MR) is 362 cm³/mol. The molecular formula is C77H124O6. The number of allylic oxidation sites excluding steroid dienone is 26. The Morgan fingerprint density at radius 2 is 0.494 bits per heavy atom. The van der Waals surface area contributed by atoms with E-state index in [-0.39, 0.29) is 31.6 Å². The molecule has 468 valence electrons. The molecule has 0 fully saturated rings. The first kappa shape index (κ1) is 78.0. The molecule has 0 aromatic heterocycles. The molecule has 0 aromatic rings. The highest BCUT2D eigenvalue weighted by Crippen LogP contribution is 2.15. The minimum Gasteiger partial charge on any atom is -0.462 e. The van der Waals surface area contributed by atoms with E-state index in [0.717, 1.165) is 128 Å². The third kappa shape index (κ3) is 67.7. The van der Waals surface area contributed by atoms with Crippen molar-refractivity contribution in [3.05, 3.63) is 158 Å². The molecule has 0 spiro atoms. The van der Waals surface area contributed by atoms with E-state index in [0.29, 0.717) is 19.3 Å². The van der Waals surface area contributed by atoms with Crippen molar-refractivity contribution in [1.82, 2.24) is 0 Å². The SMILES string of the molecule is CC/C=C\C/C=C\C/C=C\C/C=C\C/C=C\C/C=C\CCC(=O)OC(COC(=O)CCCCCC/C=C\C/C=C\C/C=C\C/C=C\CC)COC(=O)CCCCCCCCCCCCCCCC/C=C\C/C=C\C/C=C\CCCCCCC. The molecule has 83 heavy (non-hydrogen) atoms. The maximum absolute atomic E-state index is 12.9. The van der Waals surface area contributed by atoms with Crippen LogP contribution in [0, 0.1) is 0 Å². The number of unbranched alkanes of at least 4 members (excludes halogenated alkanes) is 23. The number of carbonyl (C=O) groups excluding carboxylic acids is 3. The monoisotopic (exact) mass is 1140 g/mol. The second kappa shape index (κ2) is 69.5. The average Bonchev–Trinajstić information content (AvgIpc) is 3.49. The fourth-order valence-electron chi connectivity index (χ4n) is 9.00. The Labute approximate surface area is 511 Å². The van der Waals surface area contributed by atoms with E-state index in [2.05, 4.69) is 173 Å². The highest BCUT2D eigenvalue weighted by atomic mass is 16.6. The third-order valence-corrected chi connectivity index (χ3v) is 14.0. The molecule has 0 saturated carbocycles. The average molecular weight is 1150 g/mol. The third-order valence-electron chi connectivity index (χ3n) is 14.0. The zero-order chi connectivity index (χ0) is 59.9. The molecule has 0 bridgehead atoms. The largest absolute Gasteiger partial charge is 0.462 e. The van der Waals surface area contributed by atoms with Crippen LogP contribution in [0.1, 0.15) is 290 Å². The van der Waals surface area contributed by atoms with Gasteiger partial charge in [0.05, 0.1) is 0 Å². The van der Waals surface area contributed by atoms with Gasteiger partial charge in [0.1, 0.15) is 13.2 Å². The van der Waals surface area contributed by atoms with Gasteiger partial charge in [0.25, 0.3) is 0 Å². The molecule has 6 heteroatoms. The van der Waals surface area contributed by atoms with Gasteiger partial charge in [-0.05, 0) is 135 Å². The lowest BCUT2D eigenvalue weighted by atomic mass is 10.0. The minimum atomic E-state index is -0.838. The van der Waals surface area contributed by atoms with Gasteiger partial charge in [0.15, 0.2) is 6.10 Å². The van der Waals surface area contributed by atoms with E-state index in [1.54, 1.807) is 0 Å². The van der Waals surface area contributed by atoms with Gasteiger partial charge in [0, 0.05) is 19.3 Å². The lowest BCUT2D eigenvalue weighted by Crippen LogP contribution is -2.30. The second-order valence-corrected chi connectivity index (χ2v) is 22.0. The lowest BCUT2D eigenvalue weighted by Gasteiger charge is -2.18. The van der Waals surface area contributed by atoms with Gasteiger partial charge in [-0.3, -0.25) is 14.4 Å². The fourth-order valence-corrected chi connectivity index (χ4v) is 9.00. The smallest absolute Gasteiger partial charge is 0.306 e. The minimum absolute atomic E-state index is 0.122. The first-order valence-corrected chi connectivity index (χ1v) is 34.0. The van der Waals surface area contributed by atoms with Crippen molar-refractivity contribution in [3.63, 3.8) is 0 Å². The predicted octanol–water partition coefficient (Wildman–Crippen LogP) is 23.7. The molecule has 1 unspecified atom stereocenters. The Bertz CT molecular complexity index is 1840. The maximum Gasteiger partial charge on any atom is 0.306 e. The summed E-state index contributed by atoms with van der Waals surface area (Å²) in [4.78, 5) is 38.4. The van der Waals surface area contributed by atoms with Crippen LogP contribution in [0.3, 0.4) is 0 Å². The molecule has 0 N–H and O–H groups in total. The molecule has 0 heterocycles. The Balaban J connectivity index is 4.43. The quantitative estimate of drug-likeness (QED) is 0.0261. The molecule has 0 rings (SSSR count). The van der Waals surface area contributed by atoms with E-state index < -0.39 is 12.1 Å². The van der Waals surface area contributed by atoms with E-state index in [1.165, 1.54) is 116 Å². The molecule has 0 aliphatic carbocycles. The van der Waals surface area contributed by atoms with Crippen molar-refractivity contribution in [2.45, 2.75) is 297 Å². The van der Waals surface area contributed by atoms with E-state index in [9.17, 15) is 14.4 Å². The summed E-state index contributed by atoms with van der Waals surface area (Å²) in [5, 5.41) is 0. The summed E-state index contributed by atoms with van der Waals surface area (Å²) in [6, 6.07) is 0. The van der Waals surface area contributed by atoms with Crippen molar-refractivity contribution in [3.8, 4) is 0 Å². The number of rotatable bonds is 60. The van der Waals surface area contributed by atoms with Crippen molar-refractivity contribution < 1.29 is 28.6 Å². The van der Waals surface area contributed by atoms with Gasteiger partial charge in [0.2, 0.25) is 0 Å². The molecule has 1 atom stereocenters. The summed E-state index contributed by atoms with van der Waals surface area (Å²) in [7, 11) is 0. The van der Waals surface area contributed by atoms with Gasteiger partial charge in [-0.2, -0.15) is 0 Å². The molecular weight excluding hydrogens is 1020 g/mol. The topological polar surface area (TPSA) is 78.9 Å². The van der Waals surface area contributed by atoms with Crippen LogP contribution < -0.4 is 0 Å². The van der Waals surface area contributed by atoms with E-state index >= 15 is 0 Å². The summed E-state index contributed by atoms with van der Waals surface area (Å²) < 4.78 is 16.9. The first-order chi connectivity index (χ1) is 41.0. The zero-order valence-electron chi connectivity index (χ0n) is 53.7. The van der Waals surface area contributed by atoms with Crippen LogP contribution in [0.4, 0.5) is 0 Å². The first-order valence-electron chi connectivity index (χ1n) is 34.0. The summed E-state index contributed by atoms with van der Waals surface area (Å²) in [6.45, 7) is 6.33. The summed E-state index contributed by atoms with van der Waals surface area (Å²) in [5.41, 5.74) is 0. The number of hydrogen-bond donors (Lipinski definition) is 0. The number of hydrogen-bond acceptors (Lipinski definition) is 6. The van der Waals surface area contributed by atoms with Crippen molar-refractivity contribution in [2.75, 3.05) is 13.2 Å². The molecule has 0 saturated heterocycles. The number of carbonyl (C=O) groups is 3. The van der Waals surface area contributed by atoms with Crippen LogP contribution in [0.5, 0.6) is 0 Å².